The molecule has 4 aromatic rings. The van der Waals surface area contributed by atoms with Crippen LogP contribution in [0, 0.1) is 0 Å². The van der Waals surface area contributed by atoms with Crippen molar-refractivity contribution in [1.82, 2.24) is 9.80 Å². The molecule has 4 atom stereocenters. The van der Waals surface area contributed by atoms with E-state index in [1.54, 1.807) is 0 Å². The van der Waals surface area contributed by atoms with Gasteiger partial charge in [-0.15, -0.1) is 0 Å². The number of aliphatic imine (C=N–C) groups is 4. The van der Waals surface area contributed by atoms with Gasteiger partial charge in [-0.3, -0.25) is 29.8 Å². The van der Waals surface area contributed by atoms with E-state index in [9.17, 15) is 0 Å². The molecule has 0 fully saturated rings. The Labute approximate surface area is 386 Å². The molecule has 0 spiro atoms. The van der Waals surface area contributed by atoms with Gasteiger partial charge in [0.25, 0.3) is 0 Å². The maximum absolute atomic E-state index is 7.08. The van der Waals surface area contributed by atoms with E-state index in [1.165, 1.54) is 11.1 Å². The summed E-state index contributed by atoms with van der Waals surface area (Å²) in [5.41, 5.74) is 8.02. The Morgan fingerprint density at radius 2 is 0.698 bits per heavy atom. The highest BCUT2D eigenvalue weighted by molar-refractivity contribution is 6.54. The Hall–Kier alpha value is -4.30. The van der Waals surface area contributed by atoms with E-state index < -0.39 is 30.3 Å². The molecule has 0 aliphatic carbocycles. The molecule has 2 aliphatic rings. The smallest absolute Gasteiger partial charge is 0.589 e. The number of nitrogens with zero attached hydrogens (tertiary/aromatic N) is 6. The van der Waals surface area contributed by atoms with Crippen LogP contribution >= 0.6 is 0 Å². The van der Waals surface area contributed by atoms with Gasteiger partial charge < -0.3 is 18.0 Å². The molecule has 63 heavy (non-hydrogen) atoms. The largest absolute Gasteiger partial charge is 1.07 e. The fourth-order valence-electron chi connectivity index (χ4n) is 7.23. The Balaban J connectivity index is 1.49. The summed E-state index contributed by atoms with van der Waals surface area (Å²) < 4.78 is 34.9. The minimum Gasteiger partial charge on any atom is -0.589 e. The molecule has 4 aromatic carbocycles. The zero-order chi connectivity index (χ0) is 44.9. The van der Waals surface area contributed by atoms with E-state index in [4.69, 9.17) is 38.0 Å². The van der Waals surface area contributed by atoms with Crippen molar-refractivity contribution < 1.29 is 18.0 Å². The first-order valence-electron chi connectivity index (χ1n) is 22.9. The fraction of sp³-hybridized carbons (Fsp3) is 0.440. The van der Waals surface area contributed by atoms with Crippen LogP contribution in [0.2, 0.25) is 0 Å². The van der Waals surface area contributed by atoms with Crippen LogP contribution in [0.4, 0.5) is 0 Å². The molecule has 2 aliphatic heterocycles. The summed E-state index contributed by atoms with van der Waals surface area (Å²) in [4.78, 5) is 24.8. The fourth-order valence-corrected chi connectivity index (χ4v) is 10.6. The Morgan fingerprint density at radius 1 is 0.429 bits per heavy atom. The predicted octanol–water partition coefficient (Wildman–Crippen LogP) is 9.35. The topological polar surface area (TPSA) is 102 Å². The van der Waals surface area contributed by atoms with Crippen LogP contribution in [0.15, 0.2) is 92.8 Å². The summed E-state index contributed by atoms with van der Waals surface area (Å²) in [7, 11) is 0. The highest BCUT2D eigenvalue weighted by Crippen LogP contribution is 2.29. The van der Waals surface area contributed by atoms with Crippen molar-refractivity contribution in [3.05, 3.63) is 117 Å². The first kappa shape index (κ1) is 48.2. The summed E-state index contributed by atoms with van der Waals surface area (Å²) in [6.45, 7) is 26.8. The highest BCUT2D eigenvalue weighted by Gasteiger charge is 2.54. The van der Waals surface area contributed by atoms with E-state index in [0.29, 0.717) is 23.0 Å². The maximum atomic E-state index is 7.08. The summed E-state index contributed by atoms with van der Waals surface area (Å²) in [6, 6.07) is 24.6. The predicted molar refractivity (Wildman–Crippen MR) is 261 cm³/mol. The Morgan fingerprint density at radius 3 is 0.968 bits per heavy atom. The summed E-state index contributed by atoms with van der Waals surface area (Å²) in [5.74, 6) is 2.45. The first-order chi connectivity index (χ1) is 30.5. The van der Waals surface area contributed by atoms with Gasteiger partial charge in [0.2, 0.25) is 0 Å². The molecule has 6 rings (SSSR count). The number of hydrogen-bond donors (Lipinski definition) is 0. The van der Waals surface area contributed by atoms with Crippen LogP contribution in [-0.2, 0) is 28.8 Å². The van der Waals surface area contributed by atoms with Crippen LogP contribution in [0.1, 0.15) is 114 Å². The molecule has 0 aromatic heterocycles. The van der Waals surface area contributed by atoms with Crippen LogP contribution in [0.5, 0.6) is 23.0 Å². The molecular formula is C50H66Al2N6O5. The van der Waals surface area contributed by atoms with E-state index in [-0.39, 0.29) is 24.2 Å². The number of hydrogen-bond acceptors (Lipinski definition) is 11. The second-order valence-electron chi connectivity index (χ2n) is 16.4. The van der Waals surface area contributed by atoms with Crippen molar-refractivity contribution >= 4 is 55.2 Å². The average molecular weight is 885 g/mol. The molecule has 2 heterocycles. The Kier molecular flexibility index (Phi) is 18.0. The third-order valence-corrected chi connectivity index (χ3v) is 15.6. The molecular weight excluding hydrogens is 819 g/mol. The van der Waals surface area contributed by atoms with Gasteiger partial charge in [0.1, 0.15) is 0 Å². The lowest BCUT2D eigenvalue weighted by molar-refractivity contribution is 0.236. The van der Waals surface area contributed by atoms with Gasteiger partial charge in [0, 0.05) is 60.2 Å². The SMILES string of the molecule is CCc1ccc2c(c1)C=N[C@H](C)[C@@H](C)N=Cc1cc(CC)ccc1[O][Al]([O][Al]1[O]c3ccc(CN(CC)CC)cc3C=N[C@H](C)[C@@H](C)N=Cc3cc(CN(CC)CC)ccc3[O]1)[O]2. The highest BCUT2D eigenvalue weighted by atomic mass is 27.3. The van der Waals surface area contributed by atoms with Gasteiger partial charge in [0.05, 0.1) is 47.2 Å². The van der Waals surface area contributed by atoms with Crippen LogP contribution in [0.25, 0.3) is 0 Å². The minimum absolute atomic E-state index is 0.0731. The average Bonchev–Trinajstić information content (AvgIpc) is 3.31. The number of rotatable bonds is 12. The second kappa shape index (κ2) is 23.6. The number of aryl methyl sites for hydroxylation is 2. The molecule has 13 heteroatoms. The van der Waals surface area contributed by atoms with Gasteiger partial charge in [-0.05, 0) is 138 Å². The van der Waals surface area contributed by atoms with E-state index in [0.717, 1.165) is 85.5 Å². The zero-order valence-corrected chi connectivity index (χ0v) is 41.4. The molecule has 0 amide bonds. The van der Waals surface area contributed by atoms with Crippen molar-refractivity contribution in [2.24, 2.45) is 20.0 Å². The van der Waals surface area contributed by atoms with Gasteiger partial charge in [-0.25, -0.2) is 0 Å². The zero-order valence-electron chi connectivity index (χ0n) is 39.1. The van der Waals surface area contributed by atoms with E-state index in [2.05, 4.69) is 128 Å². The molecule has 0 bridgehead atoms. The number of fused-ring (bicyclic) bond motifs is 4. The van der Waals surface area contributed by atoms with Gasteiger partial charge in [-0.1, -0.05) is 65.8 Å². The molecule has 332 valence electrons. The van der Waals surface area contributed by atoms with Crippen LogP contribution in [-0.4, -0.2) is 115 Å². The van der Waals surface area contributed by atoms with Gasteiger partial charge >= 0.3 is 30.3 Å². The standard InChI is InChI=1S/C28H42N4O2.C22H28N2O2.2Al.O/c1-7-31(8-2)19-23-11-13-27(33)25(15-23)17-29-21(5)22(6)30-18-26-16-24(12-14-28(26)34)20-32(9-3)10-4;1-5-17-7-9-21(25)19(11-17)13-23-15(3)16(4)24-14-20-12-18(6-2)8-10-22(20)26;;;/h11-18,21-22,33-34H,7-10,19-20H2,1-6H3;7-16,25-26H,5-6H2,1-4H3;;;/q;;2*+2;/p-4/t21-,22-;15-,16-;;;/m11.../s1. The minimum atomic E-state index is -3.26. The van der Waals surface area contributed by atoms with Gasteiger partial charge in [0.15, 0.2) is 0 Å². The van der Waals surface area contributed by atoms with Crippen LogP contribution < -0.4 is 15.2 Å². The first-order valence-corrected chi connectivity index (χ1v) is 25.8. The molecule has 0 saturated carbocycles. The summed E-state index contributed by atoms with van der Waals surface area (Å²) in [6.07, 6.45) is 9.32. The van der Waals surface area contributed by atoms with Crippen molar-refractivity contribution in [2.75, 3.05) is 26.2 Å². The third-order valence-electron chi connectivity index (χ3n) is 12.0. The quantitative estimate of drug-likeness (QED) is 0.131. The normalized spacial score (nSPS) is 19.0. The van der Waals surface area contributed by atoms with Crippen molar-refractivity contribution in [2.45, 2.75) is 119 Å². The van der Waals surface area contributed by atoms with Crippen molar-refractivity contribution in [3.63, 3.8) is 0 Å². The number of benzene rings is 4. The van der Waals surface area contributed by atoms with E-state index >= 15 is 0 Å². The second-order valence-corrected chi connectivity index (χ2v) is 19.6. The Bertz CT molecular complexity index is 2090. The molecule has 0 saturated heterocycles. The molecule has 0 unspecified atom stereocenters. The molecule has 0 radical (unpaired) electrons. The lowest BCUT2D eigenvalue weighted by Gasteiger charge is -2.24. The van der Waals surface area contributed by atoms with Crippen molar-refractivity contribution in [3.8, 4) is 23.0 Å². The third kappa shape index (κ3) is 13.4. The molecule has 11 nitrogen and oxygen atoms in total. The van der Waals surface area contributed by atoms with Crippen molar-refractivity contribution in [1.29, 1.82) is 0 Å². The lowest BCUT2D eigenvalue weighted by atomic mass is 10.1. The lowest BCUT2D eigenvalue weighted by Crippen LogP contribution is -2.46. The monoisotopic (exact) mass is 884 g/mol. The summed E-state index contributed by atoms with van der Waals surface area (Å²) in [5, 5.41) is 0. The van der Waals surface area contributed by atoms with Gasteiger partial charge in [-0.2, -0.15) is 0 Å². The maximum Gasteiger partial charge on any atom is 1.07 e. The summed E-state index contributed by atoms with van der Waals surface area (Å²) >= 11 is -6.49. The molecule has 0 N–H and O–H groups in total. The van der Waals surface area contributed by atoms with Crippen LogP contribution in [0.3, 0.4) is 0 Å². The van der Waals surface area contributed by atoms with E-state index in [1.807, 2.05) is 49.1 Å².